The fourth-order valence-electron chi connectivity index (χ4n) is 2.00. The molecule has 1 N–H and O–H groups in total. The van der Waals surface area contributed by atoms with Crippen LogP contribution in [0.4, 0.5) is 5.69 Å². The fourth-order valence-corrected chi connectivity index (χ4v) is 2.00. The maximum Gasteiger partial charge on any atom is 0.251 e. The second-order valence-electron chi connectivity index (χ2n) is 4.58. The first-order valence-corrected chi connectivity index (χ1v) is 6.23. The number of azide groups is 1. The summed E-state index contributed by atoms with van der Waals surface area (Å²) in [5.74, 6) is 0.736. The van der Waals surface area contributed by atoms with E-state index in [9.17, 15) is 4.79 Å². The van der Waals surface area contributed by atoms with Crippen molar-refractivity contribution in [3.05, 3.63) is 40.3 Å². The highest BCUT2D eigenvalue weighted by Gasteiger charge is 2.16. The molecule has 94 valence electrons. The van der Waals surface area contributed by atoms with E-state index in [2.05, 4.69) is 15.3 Å². The van der Waals surface area contributed by atoms with Gasteiger partial charge in [-0.1, -0.05) is 36.5 Å². The van der Waals surface area contributed by atoms with E-state index in [-0.39, 0.29) is 5.91 Å². The van der Waals surface area contributed by atoms with Gasteiger partial charge >= 0.3 is 0 Å². The Hall–Kier alpha value is -2.00. The van der Waals surface area contributed by atoms with Crippen LogP contribution in [0.25, 0.3) is 10.4 Å². The molecule has 0 unspecified atom stereocenters. The Morgan fingerprint density at radius 1 is 1.39 bits per heavy atom. The van der Waals surface area contributed by atoms with Crippen LogP contribution in [0.1, 0.15) is 36.0 Å². The molecule has 1 amide bonds. The molecule has 1 aromatic carbocycles. The number of amides is 1. The number of hydrogen-bond acceptors (Lipinski definition) is 2. The summed E-state index contributed by atoms with van der Waals surface area (Å²) in [4.78, 5) is 14.5. The lowest BCUT2D eigenvalue weighted by molar-refractivity contribution is 0.0949. The van der Waals surface area contributed by atoms with Gasteiger partial charge in [-0.2, -0.15) is 0 Å². The minimum atomic E-state index is -0.0678. The van der Waals surface area contributed by atoms with Crippen molar-refractivity contribution in [1.29, 1.82) is 0 Å². The van der Waals surface area contributed by atoms with E-state index in [1.54, 1.807) is 24.3 Å². The summed E-state index contributed by atoms with van der Waals surface area (Å²) in [6, 6.07) is 6.62. The minimum absolute atomic E-state index is 0.0678. The number of carbonyl (C=O) groups excluding carboxylic acids is 1. The number of benzene rings is 1. The molecule has 0 aromatic heterocycles. The summed E-state index contributed by atoms with van der Waals surface area (Å²) in [6.45, 7) is 0.738. The monoisotopic (exact) mass is 244 g/mol. The van der Waals surface area contributed by atoms with Gasteiger partial charge in [0.25, 0.3) is 5.91 Å². The fraction of sp³-hybridized carbons (Fsp3) is 0.462. The van der Waals surface area contributed by atoms with Crippen LogP contribution in [-0.2, 0) is 0 Å². The van der Waals surface area contributed by atoms with Crippen LogP contribution in [-0.4, -0.2) is 12.5 Å². The number of nitrogens with one attached hydrogen (secondary N) is 1. The van der Waals surface area contributed by atoms with E-state index in [1.807, 2.05) is 0 Å². The standard InChI is InChI=1S/C13H16N4O/c14-17-16-12-6-4-11(5-7-12)13(18)15-9-8-10-2-1-3-10/h4-7,10H,1-3,8-9H2,(H,15,18). The molecule has 0 heterocycles. The predicted octanol–water partition coefficient (Wildman–Crippen LogP) is 3.55. The normalized spacial score (nSPS) is 14.4. The maximum atomic E-state index is 11.8. The van der Waals surface area contributed by atoms with E-state index in [0.29, 0.717) is 11.3 Å². The van der Waals surface area contributed by atoms with Gasteiger partial charge in [0.15, 0.2) is 0 Å². The topological polar surface area (TPSA) is 77.9 Å². The molecule has 1 aliphatic rings. The summed E-state index contributed by atoms with van der Waals surface area (Å²) in [5, 5.41) is 6.37. The van der Waals surface area contributed by atoms with Crippen LogP contribution in [0, 0.1) is 5.92 Å². The Bertz CT molecular complexity index is 458. The third kappa shape index (κ3) is 3.25. The largest absolute Gasteiger partial charge is 0.352 e. The molecule has 0 aliphatic heterocycles. The Kier molecular flexibility index (Phi) is 4.20. The number of nitrogens with zero attached hydrogens (tertiary/aromatic N) is 3. The van der Waals surface area contributed by atoms with Crippen LogP contribution in [0.5, 0.6) is 0 Å². The summed E-state index contributed by atoms with van der Waals surface area (Å²) >= 11 is 0. The molecule has 0 spiro atoms. The van der Waals surface area contributed by atoms with Gasteiger partial charge in [0, 0.05) is 22.7 Å². The highest BCUT2D eigenvalue weighted by Crippen LogP contribution is 2.28. The molecule has 0 atom stereocenters. The van der Waals surface area contributed by atoms with E-state index in [1.165, 1.54) is 19.3 Å². The van der Waals surface area contributed by atoms with Crippen LogP contribution >= 0.6 is 0 Å². The Labute approximate surface area is 106 Å². The van der Waals surface area contributed by atoms with Gasteiger partial charge < -0.3 is 5.32 Å². The van der Waals surface area contributed by atoms with Crippen molar-refractivity contribution in [3.63, 3.8) is 0 Å². The Morgan fingerprint density at radius 2 is 2.11 bits per heavy atom. The highest BCUT2D eigenvalue weighted by molar-refractivity contribution is 5.94. The Balaban J connectivity index is 1.81. The molecule has 1 fully saturated rings. The second-order valence-corrected chi connectivity index (χ2v) is 4.58. The zero-order valence-corrected chi connectivity index (χ0v) is 10.2. The molecule has 1 aliphatic carbocycles. The van der Waals surface area contributed by atoms with Gasteiger partial charge in [-0.3, -0.25) is 4.79 Å². The molecule has 0 radical (unpaired) electrons. The molecular weight excluding hydrogens is 228 g/mol. The zero-order chi connectivity index (χ0) is 12.8. The summed E-state index contributed by atoms with van der Waals surface area (Å²) < 4.78 is 0. The smallest absolute Gasteiger partial charge is 0.251 e. The molecule has 1 saturated carbocycles. The van der Waals surface area contributed by atoms with Gasteiger partial charge in [-0.15, -0.1) is 0 Å². The highest BCUT2D eigenvalue weighted by atomic mass is 16.1. The summed E-state index contributed by atoms with van der Waals surface area (Å²) in [5.41, 5.74) is 9.39. The SMILES string of the molecule is [N-]=[N+]=Nc1ccc(C(=O)NCCC2CCC2)cc1. The lowest BCUT2D eigenvalue weighted by Crippen LogP contribution is -2.27. The maximum absolute atomic E-state index is 11.8. The quantitative estimate of drug-likeness (QED) is 0.480. The summed E-state index contributed by atoms with van der Waals surface area (Å²) in [6.07, 6.45) is 5.01. The third-order valence-corrected chi connectivity index (χ3v) is 3.35. The van der Waals surface area contributed by atoms with E-state index >= 15 is 0 Å². The van der Waals surface area contributed by atoms with Crippen LogP contribution in [0.3, 0.4) is 0 Å². The van der Waals surface area contributed by atoms with Crippen molar-refractivity contribution in [2.45, 2.75) is 25.7 Å². The van der Waals surface area contributed by atoms with Gasteiger partial charge in [0.1, 0.15) is 0 Å². The molecular formula is C13H16N4O. The molecule has 1 aromatic rings. The number of carbonyl (C=O) groups is 1. The zero-order valence-electron chi connectivity index (χ0n) is 10.2. The number of hydrogen-bond donors (Lipinski definition) is 1. The first-order chi connectivity index (χ1) is 8.79. The van der Waals surface area contributed by atoms with Crippen LogP contribution < -0.4 is 5.32 Å². The van der Waals surface area contributed by atoms with Crippen LogP contribution in [0.2, 0.25) is 0 Å². The Morgan fingerprint density at radius 3 is 2.67 bits per heavy atom. The van der Waals surface area contributed by atoms with Crippen molar-refractivity contribution in [2.75, 3.05) is 6.54 Å². The lowest BCUT2D eigenvalue weighted by atomic mass is 9.83. The molecule has 0 bridgehead atoms. The van der Waals surface area contributed by atoms with Gasteiger partial charge in [0.2, 0.25) is 0 Å². The molecule has 5 nitrogen and oxygen atoms in total. The first-order valence-electron chi connectivity index (χ1n) is 6.23. The molecule has 5 heteroatoms. The van der Waals surface area contributed by atoms with Crippen molar-refractivity contribution < 1.29 is 4.79 Å². The van der Waals surface area contributed by atoms with E-state index in [0.717, 1.165) is 18.9 Å². The third-order valence-electron chi connectivity index (χ3n) is 3.35. The minimum Gasteiger partial charge on any atom is -0.352 e. The molecule has 0 saturated heterocycles. The summed E-state index contributed by atoms with van der Waals surface area (Å²) in [7, 11) is 0. The van der Waals surface area contributed by atoms with Gasteiger partial charge in [-0.05, 0) is 30.0 Å². The second kappa shape index (κ2) is 6.07. The average Bonchev–Trinajstić information content (AvgIpc) is 2.33. The number of rotatable bonds is 5. The predicted molar refractivity (Wildman–Crippen MR) is 69.5 cm³/mol. The van der Waals surface area contributed by atoms with E-state index < -0.39 is 0 Å². The molecule has 2 rings (SSSR count). The van der Waals surface area contributed by atoms with E-state index in [4.69, 9.17) is 5.53 Å². The van der Waals surface area contributed by atoms with Crippen molar-refractivity contribution in [3.8, 4) is 0 Å². The van der Waals surface area contributed by atoms with Gasteiger partial charge in [-0.25, -0.2) is 0 Å². The lowest BCUT2D eigenvalue weighted by Gasteiger charge is -2.25. The van der Waals surface area contributed by atoms with Crippen molar-refractivity contribution in [1.82, 2.24) is 5.32 Å². The van der Waals surface area contributed by atoms with Crippen molar-refractivity contribution in [2.24, 2.45) is 11.0 Å². The average molecular weight is 244 g/mol. The molecule has 18 heavy (non-hydrogen) atoms. The van der Waals surface area contributed by atoms with Gasteiger partial charge in [0.05, 0.1) is 0 Å². The van der Waals surface area contributed by atoms with Crippen molar-refractivity contribution >= 4 is 11.6 Å². The first kappa shape index (κ1) is 12.5. The van der Waals surface area contributed by atoms with Crippen LogP contribution in [0.15, 0.2) is 29.4 Å².